The highest BCUT2D eigenvalue weighted by Crippen LogP contribution is 2.20. The summed E-state index contributed by atoms with van der Waals surface area (Å²) in [4.78, 5) is 16.2. The van der Waals surface area contributed by atoms with Gasteiger partial charge in [0.2, 0.25) is 0 Å². The summed E-state index contributed by atoms with van der Waals surface area (Å²) in [6.07, 6.45) is 0. The molecule has 0 radical (unpaired) electrons. The molecule has 3 aromatic carbocycles. The summed E-state index contributed by atoms with van der Waals surface area (Å²) in [5, 5.41) is 2.09. The molecule has 1 N–H and O–H groups in total. The molecule has 4 heteroatoms. The summed E-state index contributed by atoms with van der Waals surface area (Å²) in [6.45, 7) is 3.75. The van der Waals surface area contributed by atoms with Crippen LogP contribution in [0.25, 0.3) is 10.8 Å². The Morgan fingerprint density at radius 1 is 0.923 bits per heavy atom. The maximum absolute atomic E-state index is 13.8. The van der Waals surface area contributed by atoms with E-state index in [9.17, 15) is 9.18 Å². The lowest BCUT2D eigenvalue weighted by Gasteiger charge is -2.32. The van der Waals surface area contributed by atoms with Crippen LogP contribution in [0.3, 0.4) is 0 Å². The molecular weight excluding hydrogens is 327 g/mol. The minimum absolute atomic E-state index is 0.0896. The van der Waals surface area contributed by atoms with Crippen LogP contribution in [-0.2, 0) is 6.54 Å². The average Bonchev–Trinajstić information content (AvgIpc) is 2.69. The fraction of sp³-hybridized carbons (Fsp3) is 0.227. The third-order valence-corrected chi connectivity index (χ3v) is 5.18. The van der Waals surface area contributed by atoms with E-state index >= 15 is 0 Å². The number of benzene rings is 3. The number of carbonyl (C=O) groups is 1. The van der Waals surface area contributed by atoms with E-state index in [1.54, 1.807) is 6.07 Å². The maximum Gasteiger partial charge on any atom is 0.254 e. The smallest absolute Gasteiger partial charge is 0.254 e. The zero-order valence-electron chi connectivity index (χ0n) is 14.6. The molecule has 0 atom stereocenters. The molecule has 1 heterocycles. The third-order valence-electron chi connectivity index (χ3n) is 5.18. The SMILES string of the molecule is O=C(c1cccc2ccccc12)N1CC[NH+](Cc2ccccc2F)CC1. The van der Waals surface area contributed by atoms with E-state index in [-0.39, 0.29) is 11.7 Å². The molecule has 1 aliphatic rings. The summed E-state index contributed by atoms with van der Waals surface area (Å²) >= 11 is 0. The van der Waals surface area contributed by atoms with Crippen molar-refractivity contribution in [1.29, 1.82) is 0 Å². The molecule has 0 aromatic heterocycles. The molecular formula is C22H22FN2O+. The highest BCUT2D eigenvalue weighted by Gasteiger charge is 2.25. The molecule has 26 heavy (non-hydrogen) atoms. The number of quaternary nitrogens is 1. The number of hydrogen-bond donors (Lipinski definition) is 1. The van der Waals surface area contributed by atoms with Gasteiger partial charge in [-0.15, -0.1) is 0 Å². The van der Waals surface area contributed by atoms with E-state index in [4.69, 9.17) is 0 Å². The van der Waals surface area contributed by atoms with Gasteiger partial charge in [-0.1, -0.05) is 54.6 Å². The summed E-state index contributed by atoms with van der Waals surface area (Å²) in [5.41, 5.74) is 1.51. The number of amides is 1. The van der Waals surface area contributed by atoms with Gasteiger partial charge in [-0.05, 0) is 22.9 Å². The van der Waals surface area contributed by atoms with Crippen LogP contribution in [0.4, 0.5) is 4.39 Å². The van der Waals surface area contributed by atoms with Crippen molar-refractivity contribution in [3.8, 4) is 0 Å². The molecule has 0 aliphatic carbocycles. The number of rotatable bonds is 3. The van der Waals surface area contributed by atoms with Gasteiger partial charge < -0.3 is 9.80 Å². The van der Waals surface area contributed by atoms with Crippen molar-refractivity contribution < 1.29 is 14.1 Å². The van der Waals surface area contributed by atoms with Gasteiger partial charge in [0.05, 0.1) is 26.2 Å². The fourth-order valence-corrected chi connectivity index (χ4v) is 3.70. The van der Waals surface area contributed by atoms with Gasteiger partial charge in [-0.25, -0.2) is 4.39 Å². The van der Waals surface area contributed by atoms with Crippen molar-refractivity contribution in [2.75, 3.05) is 26.2 Å². The molecule has 0 saturated carbocycles. The van der Waals surface area contributed by atoms with Crippen LogP contribution >= 0.6 is 0 Å². The maximum atomic E-state index is 13.8. The molecule has 1 aliphatic heterocycles. The Labute approximate surface area is 152 Å². The Kier molecular flexibility index (Phi) is 4.67. The van der Waals surface area contributed by atoms with Gasteiger partial charge in [0, 0.05) is 11.1 Å². The van der Waals surface area contributed by atoms with Crippen LogP contribution in [0.1, 0.15) is 15.9 Å². The van der Waals surface area contributed by atoms with Crippen LogP contribution in [0.5, 0.6) is 0 Å². The van der Waals surface area contributed by atoms with Gasteiger partial charge >= 0.3 is 0 Å². The molecule has 3 nitrogen and oxygen atoms in total. The first-order valence-corrected chi connectivity index (χ1v) is 9.06. The van der Waals surface area contributed by atoms with Crippen LogP contribution in [0, 0.1) is 5.82 Å². The number of carbonyl (C=O) groups excluding carboxylic acids is 1. The number of nitrogens with zero attached hydrogens (tertiary/aromatic N) is 1. The van der Waals surface area contributed by atoms with Crippen LogP contribution in [-0.4, -0.2) is 37.0 Å². The van der Waals surface area contributed by atoms with Crippen LogP contribution in [0.15, 0.2) is 66.7 Å². The standard InChI is InChI=1S/C22H21FN2O/c23-21-11-4-2-7-18(21)16-24-12-14-25(15-13-24)22(26)20-10-5-8-17-6-1-3-9-19(17)20/h1-11H,12-16H2/p+1. The van der Waals surface area contributed by atoms with Crippen LogP contribution < -0.4 is 4.90 Å². The molecule has 0 spiro atoms. The quantitative estimate of drug-likeness (QED) is 0.772. The first kappa shape index (κ1) is 16.7. The fourth-order valence-electron chi connectivity index (χ4n) is 3.70. The number of fused-ring (bicyclic) bond motifs is 1. The van der Waals surface area contributed by atoms with Gasteiger partial charge in [-0.2, -0.15) is 0 Å². The lowest BCUT2D eigenvalue weighted by molar-refractivity contribution is -0.917. The van der Waals surface area contributed by atoms with Crippen molar-refractivity contribution in [3.63, 3.8) is 0 Å². The molecule has 0 bridgehead atoms. The number of piperazine rings is 1. The second-order valence-electron chi connectivity index (χ2n) is 6.84. The van der Waals surface area contributed by atoms with E-state index in [1.807, 2.05) is 59.5 Å². The lowest BCUT2D eigenvalue weighted by atomic mass is 10.0. The Bertz CT molecular complexity index is 927. The van der Waals surface area contributed by atoms with E-state index < -0.39 is 0 Å². The first-order valence-electron chi connectivity index (χ1n) is 9.06. The molecule has 1 amide bonds. The normalized spacial score (nSPS) is 15.3. The highest BCUT2D eigenvalue weighted by atomic mass is 19.1. The molecule has 1 saturated heterocycles. The van der Waals surface area contributed by atoms with Crippen molar-refractivity contribution in [2.24, 2.45) is 0 Å². The number of nitrogens with one attached hydrogen (secondary N) is 1. The van der Waals surface area contributed by atoms with E-state index in [2.05, 4.69) is 0 Å². The predicted octanol–water partition coefficient (Wildman–Crippen LogP) is 2.52. The van der Waals surface area contributed by atoms with Crippen molar-refractivity contribution in [2.45, 2.75) is 6.54 Å². The zero-order valence-corrected chi connectivity index (χ0v) is 14.6. The number of halogens is 1. The Morgan fingerprint density at radius 3 is 2.42 bits per heavy atom. The van der Waals surface area contributed by atoms with Gasteiger partial charge in [-0.3, -0.25) is 4.79 Å². The Hall–Kier alpha value is -2.72. The minimum atomic E-state index is -0.144. The molecule has 1 fully saturated rings. The monoisotopic (exact) mass is 349 g/mol. The highest BCUT2D eigenvalue weighted by molar-refractivity contribution is 6.07. The second-order valence-corrected chi connectivity index (χ2v) is 6.84. The third kappa shape index (κ3) is 3.33. The number of hydrogen-bond acceptors (Lipinski definition) is 1. The van der Waals surface area contributed by atoms with E-state index in [1.165, 1.54) is 11.0 Å². The van der Waals surface area contributed by atoms with Crippen molar-refractivity contribution >= 4 is 16.7 Å². The van der Waals surface area contributed by atoms with Crippen molar-refractivity contribution in [3.05, 3.63) is 83.7 Å². The zero-order chi connectivity index (χ0) is 17.9. The predicted molar refractivity (Wildman–Crippen MR) is 101 cm³/mol. The molecule has 0 unspecified atom stereocenters. The molecule has 4 rings (SSSR count). The summed E-state index contributed by atoms with van der Waals surface area (Å²) in [5.74, 6) is -0.0546. The Morgan fingerprint density at radius 2 is 1.62 bits per heavy atom. The lowest BCUT2D eigenvalue weighted by Crippen LogP contribution is -3.13. The largest absolute Gasteiger partial charge is 0.328 e. The van der Waals surface area contributed by atoms with Crippen LogP contribution in [0.2, 0.25) is 0 Å². The molecule has 132 valence electrons. The van der Waals surface area contributed by atoms with Crippen molar-refractivity contribution in [1.82, 2.24) is 4.90 Å². The average molecular weight is 349 g/mol. The topological polar surface area (TPSA) is 24.8 Å². The second kappa shape index (κ2) is 7.26. The molecule has 3 aromatic rings. The summed E-state index contributed by atoms with van der Waals surface area (Å²) in [6, 6.07) is 20.8. The minimum Gasteiger partial charge on any atom is -0.328 e. The summed E-state index contributed by atoms with van der Waals surface area (Å²) < 4.78 is 13.8. The van der Waals surface area contributed by atoms with Gasteiger partial charge in [0.1, 0.15) is 12.4 Å². The van der Waals surface area contributed by atoms with Gasteiger partial charge in [0.15, 0.2) is 0 Å². The van der Waals surface area contributed by atoms with E-state index in [0.29, 0.717) is 19.6 Å². The first-order chi connectivity index (χ1) is 12.7. The van der Waals surface area contributed by atoms with E-state index in [0.717, 1.165) is 35.0 Å². The van der Waals surface area contributed by atoms with Gasteiger partial charge in [0.25, 0.3) is 5.91 Å². The summed E-state index contributed by atoms with van der Waals surface area (Å²) in [7, 11) is 0. The Balaban J connectivity index is 1.44.